The second-order valence-corrected chi connectivity index (χ2v) is 5.78. The van der Waals surface area contributed by atoms with E-state index in [-0.39, 0.29) is 17.8 Å². The minimum absolute atomic E-state index is 0.164. The molecular formula is C12H12Cl3NO2. The van der Waals surface area contributed by atoms with Crippen LogP contribution in [0.2, 0.25) is 0 Å². The van der Waals surface area contributed by atoms with Crippen LogP contribution in [0, 0.1) is 5.92 Å². The molecule has 0 bridgehead atoms. The van der Waals surface area contributed by atoms with E-state index in [1.807, 2.05) is 0 Å². The van der Waals surface area contributed by atoms with Crippen molar-refractivity contribution in [3.63, 3.8) is 0 Å². The number of amides is 1. The fourth-order valence-corrected chi connectivity index (χ4v) is 3.39. The van der Waals surface area contributed by atoms with E-state index in [4.69, 9.17) is 39.2 Å². The van der Waals surface area contributed by atoms with Gasteiger partial charge in [-0.3, -0.25) is 4.79 Å². The third-order valence-electron chi connectivity index (χ3n) is 3.06. The Morgan fingerprint density at radius 1 is 1.56 bits per heavy atom. The van der Waals surface area contributed by atoms with E-state index >= 15 is 0 Å². The lowest BCUT2D eigenvalue weighted by molar-refractivity contribution is -0.129. The van der Waals surface area contributed by atoms with Gasteiger partial charge >= 0.3 is 0 Å². The number of alkyl halides is 3. The molecule has 2 rings (SSSR count). The molecule has 98 valence electrons. The first kappa shape index (κ1) is 13.8. The Hall–Kier alpha value is -0.640. The third kappa shape index (κ3) is 2.04. The summed E-state index contributed by atoms with van der Waals surface area (Å²) in [4.78, 5) is 13.7. The van der Waals surface area contributed by atoms with Crippen molar-refractivity contribution < 1.29 is 9.21 Å². The first-order valence-corrected chi connectivity index (χ1v) is 6.72. The van der Waals surface area contributed by atoms with Gasteiger partial charge < -0.3 is 9.32 Å². The summed E-state index contributed by atoms with van der Waals surface area (Å²) in [5.74, 6) is -0.00417. The Labute approximate surface area is 120 Å². The number of furan rings is 1. The van der Waals surface area contributed by atoms with Gasteiger partial charge in [0.2, 0.25) is 4.33 Å². The van der Waals surface area contributed by atoms with Crippen LogP contribution in [0.4, 0.5) is 0 Å². The number of hydrogen-bond acceptors (Lipinski definition) is 2. The molecule has 1 aliphatic rings. The van der Waals surface area contributed by atoms with Crippen molar-refractivity contribution in [1.82, 2.24) is 4.90 Å². The van der Waals surface area contributed by atoms with Crippen molar-refractivity contribution in [1.29, 1.82) is 0 Å². The summed E-state index contributed by atoms with van der Waals surface area (Å²) >= 11 is 18.2. The van der Waals surface area contributed by atoms with Crippen molar-refractivity contribution in [2.45, 2.75) is 10.4 Å². The number of hydrogen-bond donors (Lipinski definition) is 0. The molecule has 1 amide bonds. The minimum atomic E-state index is -1.53. The van der Waals surface area contributed by atoms with Gasteiger partial charge in [0, 0.05) is 18.3 Å². The lowest BCUT2D eigenvalue weighted by Crippen LogP contribution is -2.33. The molecule has 2 heterocycles. The summed E-state index contributed by atoms with van der Waals surface area (Å²) in [5, 5.41) is 0. The van der Waals surface area contributed by atoms with Gasteiger partial charge in [0.1, 0.15) is 5.76 Å². The van der Waals surface area contributed by atoms with Crippen LogP contribution >= 0.6 is 34.8 Å². The molecule has 2 atom stereocenters. The second-order valence-electron chi connectivity index (χ2n) is 4.09. The van der Waals surface area contributed by atoms with Crippen molar-refractivity contribution >= 4 is 40.7 Å². The molecule has 1 fully saturated rings. The number of carbonyl (C=O) groups excluding carboxylic acids is 1. The highest BCUT2D eigenvalue weighted by molar-refractivity contribution is 6.59. The van der Waals surface area contributed by atoms with Crippen LogP contribution in [0.25, 0.3) is 0 Å². The highest BCUT2D eigenvalue weighted by Gasteiger charge is 2.58. The predicted octanol–water partition coefficient (Wildman–Crippen LogP) is 3.38. The van der Waals surface area contributed by atoms with E-state index in [9.17, 15) is 4.79 Å². The maximum absolute atomic E-state index is 12.2. The molecule has 0 aromatic carbocycles. The van der Waals surface area contributed by atoms with Gasteiger partial charge in [-0.25, -0.2) is 0 Å². The molecule has 0 spiro atoms. The summed E-state index contributed by atoms with van der Waals surface area (Å²) < 4.78 is 3.84. The summed E-state index contributed by atoms with van der Waals surface area (Å²) in [6.45, 7) is 3.98. The lowest BCUT2D eigenvalue weighted by Gasteiger charge is -2.24. The first-order valence-electron chi connectivity index (χ1n) is 5.43. The molecule has 0 unspecified atom stereocenters. The average Bonchev–Trinajstić information content (AvgIpc) is 2.90. The van der Waals surface area contributed by atoms with Crippen LogP contribution in [0.5, 0.6) is 0 Å². The maximum Gasteiger partial charge on any atom is 0.260 e. The SMILES string of the molecule is C=CCN1C(=O)C(Cl)(Cl)[C@@H](CCl)[C@@H]1c1ccco1. The van der Waals surface area contributed by atoms with Crippen LogP contribution in [0.3, 0.4) is 0 Å². The molecule has 0 saturated carbocycles. The second kappa shape index (κ2) is 5.16. The van der Waals surface area contributed by atoms with E-state index in [2.05, 4.69) is 6.58 Å². The quantitative estimate of drug-likeness (QED) is 0.631. The van der Waals surface area contributed by atoms with E-state index in [0.29, 0.717) is 12.3 Å². The summed E-state index contributed by atoms with van der Waals surface area (Å²) in [5.41, 5.74) is 0. The van der Waals surface area contributed by atoms with Crippen molar-refractivity contribution in [2.75, 3.05) is 12.4 Å². The number of carbonyl (C=O) groups is 1. The van der Waals surface area contributed by atoms with Crippen LogP contribution in [0.15, 0.2) is 35.5 Å². The molecule has 0 aliphatic carbocycles. The Bertz CT molecular complexity index is 444. The zero-order valence-corrected chi connectivity index (χ0v) is 11.8. The Morgan fingerprint density at radius 3 is 2.78 bits per heavy atom. The Kier molecular flexibility index (Phi) is 3.95. The minimum Gasteiger partial charge on any atom is -0.467 e. The average molecular weight is 309 g/mol. The molecule has 1 aromatic rings. The topological polar surface area (TPSA) is 33.5 Å². The normalized spacial score (nSPS) is 26.6. The fourth-order valence-electron chi connectivity index (χ4n) is 2.22. The molecule has 18 heavy (non-hydrogen) atoms. The van der Waals surface area contributed by atoms with E-state index in [1.54, 1.807) is 29.4 Å². The van der Waals surface area contributed by atoms with Crippen LogP contribution in [-0.4, -0.2) is 27.6 Å². The van der Waals surface area contributed by atoms with E-state index in [0.717, 1.165) is 0 Å². The largest absolute Gasteiger partial charge is 0.467 e. The molecule has 1 aromatic heterocycles. The number of nitrogens with zero attached hydrogens (tertiary/aromatic N) is 1. The first-order chi connectivity index (χ1) is 8.54. The third-order valence-corrected chi connectivity index (χ3v) is 4.27. The number of likely N-dealkylation sites (tertiary alicyclic amines) is 1. The molecular weight excluding hydrogens is 296 g/mol. The van der Waals surface area contributed by atoms with Gasteiger partial charge in [0.25, 0.3) is 5.91 Å². The van der Waals surface area contributed by atoms with Gasteiger partial charge in [-0.15, -0.1) is 18.2 Å². The molecule has 1 aliphatic heterocycles. The summed E-state index contributed by atoms with van der Waals surface area (Å²) in [6.07, 6.45) is 3.16. The van der Waals surface area contributed by atoms with E-state index in [1.165, 1.54) is 0 Å². The zero-order chi connectivity index (χ0) is 13.3. The fraction of sp³-hybridized carbons (Fsp3) is 0.417. The molecule has 6 heteroatoms. The Morgan fingerprint density at radius 2 is 2.28 bits per heavy atom. The monoisotopic (exact) mass is 307 g/mol. The Balaban J connectivity index is 2.44. The van der Waals surface area contributed by atoms with Gasteiger partial charge in [-0.05, 0) is 12.1 Å². The van der Waals surface area contributed by atoms with E-state index < -0.39 is 10.3 Å². The molecule has 0 N–H and O–H groups in total. The van der Waals surface area contributed by atoms with Gasteiger partial charge in [0.05, 0.1) is 12.3 Å². The smallest absolute Gasteiger partial charge is 0.260 e. The van der Waals surface area contributed by atoms with Crippen LogP contribution in [0.1, 0.15) is 11.8 Å². The van der Waals surface area contributed by atoms with Gasteiger partial charge in [-0.1, -0.05) is 29.3 Å². The van der Waals surface area contributed by atoms with Crippen molar-refractivity contribution in [3.8, 4) is 0 Å². The zero-order valence-electron chi connectivity index (χ0n) is 9.48. The number of rotatable bonds is 4. The number of halogens is 3. The molecule has 0 radical (unpaired) electrons. The van der Waals surface area contributed by atoms with Crippen molar-refractivity contribution in [2.24, 2.45) is 5.92 Å². The van der Waals surface area contributed by atoms with Gasteiger partial charge in [0.15, 0.2) is 0 Å². The van der Waals surface area contributed by atoms with Gasteiger partial charge in [-0.2, -0.15) is 0 Å². The standard InChI is InChI=1S/C12H12Cl3NO2/c1-2-5-16-10(9-4-3-6-18-9)8(7-13)12(14,15)11(16)17/h2-4,6,8,10H,1,5,7H2/t8-,10+/m0/s1. The predicted molar refractivity (Wildman–Crippen MR) is 72.0 cm³/mol. The summed E-state index contributed by atoms with van der Waals surface area (Å²) in [7, 11) is 0. The molecule has 3 nitrogen and oxygen atoms in total. The maximum atomic E-state index is 12.2. The lowest BCUT2D eigenvalue weighted by atomic mass is 9.99. The highest BCUT2D eigenvalue weighted by Crippen LogP contribution is 2.50. The van der Waals surface area contributed by atoms with Crippen LogP contribution in [-0.2, 0) is 4.79 Å². The summed E-state index contributed by atoms with van der Waals surface area (Å²) in [6, 6.07) is 3.17. The molecule has 1 saturated heterocycles. The van der Waals surface area contributed by atoms with Crippen LogP contribution < -0.4 is 0 Å². The highest BCUT2D eigenvalue weighted by atomic mass is 35.5. The van der Waals surface area contributed by atoms with Crippen molar-refractivity contribution in [3.05, 3.63) is 36.8 Å².